The first-order valence-electron chi connectivity index (χ1n) is 8.36. The van der Waals surface area contributed by atoms with Crippen LogP contribution in [0.25, 0.3) is 10.2 Å². The first kappa shape index (κ1) is 20.4. The molecule has 1 atom stereocenters. The highest BCUT2D eigenvalue weighted by atomic mass is 35.5. The van der Waals surface area contributed by atoms with Gasteiger partial charge in [0.25, 0.3) is 5.91 Å². The van der Waals surface area contributed by atoms with Gasteiger partial charge in [0.1, 0.15) is 10.9 Å². The molecule has 3 rings (SSSR count). The van der Waals surface area contributed by atoms with Crippen LogP contribution < -0.4 is 16.0 Å². The standard InChI is InChI=1S/C17H23N5O2S.ClH/c1-10-13-8-14(25-17(13)22(3)21-10)16(24)20-11(2)15(23)19-9-12-4-6-18-7-5-12;/h4,8,11,18H,5-7,9H2,1-3H3,(H,19,23)(H,20,24);1H. The van der Waals surface area contributed by atoms with E-state index in [1.54, 1.807) is 11.6 Å². The Kier molecular flexibility index (Phi) is 6.80. The summed E-state index contributed by atoms with van der Waals surface area (Å²) in [6, 6.07) is 1.25. The Morgan fingerprint density at radius 3 is 2.88 bits per heavy atom. The Hall–Kier alpha value is -1.90. The maximum Gasteiger partial charge on any atom is 0.262 e. The Labute approximate surface area is 162 Å². The maximum atomic E-state index is 12.4. The summed E-state index contributed by atoms with van der Waals surface area (Å²) in [6.45, 7) is 5.94. The van der Waals surface area contributed by atoms with Gasteiger partial charge in [-0.1, -0.05) is 11.6 Å². The summed E-state index contributed by atoms with van der Waals surface area (Å²) in [5.74, 6) is -0.406. The molecule has 0 fully saturated rings. The fourth-order valence-corrected chi connectivity index (χ4v) is 3.86. The predicted octanol–water partition coefficient (Wildman–Crippen LogP) is 1.52. The molecule has 9 heteroatoms. The third-order valence-electron chi connectivity index (χ3n) is 4.31. The summed E-state index contributed by atoms with van der Waals surface area (Å²) in [6.07, 6.45) is 3.04. The lowest BCUT2D eigenvalue weighted by atomic mass is 10.1. The summed E-state index contributed by atoms with van der Waals surface area (Å²) >= 11 is 1.38. The van der Waals surface area contributed by atoms with E-state index in [9.17, 15) is 9.59 Å². The second kappa shape index (κ2) is 8.66. The number of aryl methyl sites for hydroxylation is 2. The van der Waals surface area contributed by atoms with Gasteiger partial charge in [0.05, 0.1) is 10.6 Å². The van der Waals surface area contributed by atoms with Gasteiger partial charge in [-0.15, -0.1) is 23.7 Å². The van der Waals surface area contributed by atoms with Crippen LogP contribution in [-0.2, 0) is 11.8 Å². The Bertz CT molecular complexity index is 807. The molecule has 26 heavy (non-hydrogen) atoms. The lowest BCUT2D eigenvalue weighted by Gasteiger charge is -2.17. The van der Waals surface area contributed by atoms with E-state index >= 15 is 0 Å². The number of halogens is 1. The minimum atomic E-state index is -0.584. The molecule has 1 aliphatic heterocycles. The van der Waals surface area contributed by atoms with Gasteiger partial charge in [-0.3, -0.25) is 14.3 Å². The Morgan fingerprint density at radius 2 is 2.23 bits per heavy atom. The van der Waals surface area contributed by atoms with Gasteiger partial charge < -0.3 is 16.0 Å². The summed E-state index contributed by atoms with van der Waals surface area (Å²) in [7, 11) is 1.86. The van der Waals surface area contributed by atoms with E-state index in [1.807, 2.05) is 20.0 Å². The zero-order valence-corrected chi connectivity index (χ0v) is 16.7. The molecule has 2 aromatic rings. The number of nitrogens with one attached hydrogen (secondary N) is 3. The Balaban J connectivity index is 0.00000243. The molecule has 0 aliphatic carbocycles. The molecule has 2 amide bonds. The smallest absolute Gasteiger partial charge is 0.262 e. The molecule has 3 N–H and O–H groups in total. The van der Waals surface area contributed by atoms with E-state index in [1.165, 1.54) is 16.9 Å². The third-order valence-corrected chi connectivity index (χ3v) is 5.51. The zero-order chi connectivity index (χ0) is 18.0. The van der Waals surface area contributed by atoms with Crippen LogP contribution in [0.5, 0.6) is 0 Å². The van der Waals surface area contributed by atoms with Crippen molar-refractivity contribution in [2.75, 3.05) is 19.6 Å². The van der Waals surface area contributed by atoms with Crippen molar-refractivity contribution in [2.24, 2.45) is 7.05 Å². The minimum absolute atomic E-state index is 0. The molecule has 142 valence electrons. The van der Waals surface area contributed by atoms with Crippen LogP contribution in [0.15, 0.2) is 17.7 Å². The lowest BCUT2D eigenvalue weighted by molar-refractivity contribution is -0.122. The van der Waals surface area contributed by atoms with Crippen molar-refractivity contribution in [3.05, 3.63) is 28.3 Å². The van der Waals surface area contributed by atoms with Crippen molar-refractivity contribution in [3.8, 4) is 0 Å². The van der Waals surface area contributed by atoms with Gasteiger partial charge >= 0.3 is 0 Å². The number of nitrogens with zero attached hydrogens (tertiary/aromatic N) is 2. The molecule has 0 saturated heterocycles. The molecule has 2 aromatic heterocycles. The van der Waals surface area contributed by atoms with Gasteiger partial charge in [0.15, 0.2) is 0 Å². The molecular formula is C17H24ClN5O2S. The topological polar surface area (TPSA) is 88.0 Å². The van der Waals surface area contributed by atoms with Crippen LogP contribution in [0.3, 0.4) is 0 Å². The quantitative estimate of drug-likeness (QED) is 0.667. The fraction of sp³-hybridized carbons (Fsp3) is 0.471. The van der Waals surface area contributed by atoms with Gasteiger partial charge in [0, 0.05) is 25.5 Å². The van der Waals surface area contributed by atoms with Crippen LogP contribution >= 0.6 is 23.7 Å². The number of rotatable bonds is 5. The summed E-state index contributed by atoms with van der Waals surface area (Å²) in [5.41, 5.74) is 2.12. The van der Waals surface area contributed by atoms with E-state index in [0.717, 1.165) is 35.4 Å². The van der Waals surface area contributed by atoms with Crippen molar-refractivity contribution < 1.29 is 9.59 Å². The van der Waals surface area contributed by atoms with Gasteiger partial charge in [0.2, 0.25) is 5.91 Å². The van der Waals surface area contributed by atoms with Gasteiger partial charge in [-0.2, -0.15) is 5.10 Å². The first-order valence-corrected chi connectivity index (χ1v) is 9.17. The van der Waals surface area contributed by atoms with Gasteiger partial charge in [-0.25, -0.2) is 0 Å². The van der Waals surface area contributed by atoms with E-state index in [0.29, 0.717) is 11.4 Å². The van der Waals surface area contributed by atoms with Crippen LogP contribution in [0, 0.1) is 6.92 Å². The molecule has 3 heterocycles. The number of carbonyl (C=O) groups excluding carboxylic acids is 2. The normalized spacial score (nSPS) is 15.1. The molecule has 0 radical (unpaired) electrons. The number of thiophene rings is 1. The zero-order valence-electron chi connectivity index (χ0n) is 15.1. The van der Waals surface area contributed by atoms with Crippen molar-refractivity contribution in [1.29, 1.82) is 0 Å². The van der Waals surface area contributed by atoms with Crippen LogP contribution in [0.4, 0.5) is 0 Å². The highest BCUT2D eigenvalue weighted by Gasteiger charge is 2.20. The molecule has 0 saturated carbocycles. The molecule has 1 unspecified atom stereocenters. The molecule has 0 aromatic carbocycles. The number of fused-ring (bicyclic) bond motifs is 1. The largest absolute Gasteiger partial charge is 0.351 e. The second-order valence-corrected chi connectivity index (χ2v) is 7.30. The van der Waals surface area contributed by atoms with E-state index < -0.39 is 6.04 Å². The Morgan fingerprint density at radius 1 is 1.46 bits per heavy atom. The predicted molar refractivity (Wildman–Crippen MR) is 106 cm³/mol. The first-order chi connectivity index (χ1) is 12.0. The molecular weight excluding hydrogens is 374 g/mol. The number of hydrogen-bond acceptors (Lipinski definition) is 5. The third kappa shape index (κ3) is 4.44. The van der Waals surface area contributed by atoms with Crippen molar-refractivity contribution in [1.82, 2.24) is 25.7 Å². The monoisotopic (exact) mass is 397 g/mol. The highest BCUT2D eigenvalue weighted by Crippen LogP contribution is 2.27. The number of carbonyl (C=O) groups is 2. The average molecular weight is 398 g/mol. The summed E-state index contributed by atoms with van der Waals surface area (Å²) in [5, 5.41) is 14.2. The van der Waals surface area contributed by atoms with Crippen molar-refractivity contribution >= 4 is 45.8 Å². The highest BCUT2D eigenvalue weighted by molar-refractivity contribution is 7.20. The number of hydrogen-bond donors (Lipinski definition) is 3. The van der Waals surface area contributed by atoms with E-state index in [2.05, 4.69) is 27.1 Å². The molecule has 1 aliphatic rings. The number of aromatic nitrogens is 2. The molecule has 0 bridgehead atoms. The average Bonchev–Trinajstić information content (AvgIpc) is 3.15. The molecule has 0 spiro atoms. The lowest BCUT2D eigenvalue weighted by Crippen LogP contribution is -2.45. The summed E-state index contributed by atoms with van der Waals surface area (Å²) < 4.78 is 1.77. The van der Waals surface area contributed by atoms with Crippen molar-refractivity contribution in [3.63, 3.8) is 0 Å². The number of amides is 2. The summed E-state index contributed by atoms with van der Waals surface area (Å²) in [4.78, 5) is 26.2. The van der Waals surface area contributed by atoms with Crippen LogP contribution in [0.1, 0.15) is 28.7 Å². The SMILES string of the molecule is Cc1nn(C)c2sc(C(=O)NC(C)C(=O)NCC3=CCNCC3)cc12.Cl. The fourth-order valence-electron chi connectivity index (χ4n) is 2.83. The van der Waals surface area contributed by atoms with E-state index in [-0.39, 0.29) is 24.2 Å². The maximum absolute atomic E-state index is 12.4. The van der Waals surface area contributed by atoms with Gasteiger partial charge in [-0.05, 0) is 32.9 Å². The van der Waals surface area contributed by atoms with Crippen LogP contribution in [0.2, 0.25) is 0 Å². The van der Waals surface area contributed by atoms with Crippen LogP contribution in [-0.4, -0.2) is 47.3 Å². The van der Waals surface area contributed by atoms with E-state index in [4.69, 9.17) is 0 Å². The van der Waals surface area contributed by atoms with Crippen molar-refractivity contribution in [2.45, 2.75) is 26.3 Å². The molecule has 7 nitrogen and oxygen atoms in total. The second-order valence-electron chi connectivity index (χ2n) is 6.27. The minimum Gasteiger partial charge on any atom is -0.351 e.